The van der Waals surface area contributed by atoms with E-state index in [1.807, 2.05) is 0 Å². The number of hydrogen-bond donors (Lipinski definition) is 4. The predicted octanol–water partition coefficient (Wildman–Crippen LogP) is 1.63. The largest absolute Gasteiger partial charge is 0.478 e. The van der Waals surface area contributed by atoms with Gasteiger partial charge in [-0.2, -0.15) is 0 Å². The number of carboxylic acids is 1. The summed E-state index contributed by atoms with van der Waals surface area (Å²) in [6.45, 7) is 5.61. The van der Waals surface area contributed by atoms with Crippen molar-refractivity contribution in [2.75, 3.05) is 18.4 Å². The van der Waals surface area contributed by atoms with Gasteiger partial charge in [-0.15, -0.1) is 0 Å². The second-order valence-corrected chi connectivity index (χ2v) is 5.69. The van der Waals surface area contributed by atoms with E-state index in [1.165, 1.54) is 12.1 Å². The van der Waals surface area contributed by atoms with Crippen LogP contribution in [0.15, 0.2) is 12.1 Å². The first kappa shape index (κ1) is 18.9. The van der Waals surface area contributed by atoms with E-state index in [0.29, 0.717) is 5.56 Å². The Balaban J connectivity index is 2.86. The molecule has 4 N–H and O–H groups in total. The van der Waals surface area contributed by atoms with Crippen LogP contribution in [0.4, 0.5) is 10.1 Å². The topological polar surface area (TPSA) is 98.7 Å². The molecule has 0 heterocycles. The first-order valence-electron chi connectivity index (χ1n) is 7.48. The summed E-state index contributed by atoms with van der Waals surface area (Å²) >= 11 is 0. The van der Waals surface area contributed by atoms with E-state index >= 15 is 0 Å². The normalized spacial score (nSPS) is 12.1. The lowest BCUT2D eigenvalue weighted by Gasteiger charge is -2.16. The Hall–Kier alpha value is -2.15. The van der Waals surface area contributed by atoms with Crippen molar-refractivity contribution in [2.24, 2.45) is 5.92 Å². The van der Waals surface area contributed by atoms with Crippen LogP contribution in [0, 0.1) is 11.7 Å². The highest BCUT2D eigenvalue weighted by atomic mass is 19.1. The van der Waals surface area contributed by atoms with E-state index in [9.17, 15) is 19.1 Å². The van der Waals surface area contributed by atoms with E-state index < -0.39 is 23.5 Å². The van der Waals surface area contributed by atoms with Crippen LogP contribution in [0.25, 0.3) is 0 Å². The third kappa shape index (κ3) is 5.52. The zero-order valence-electron chi connectivity index (χ0n) is 13.5. The highest BCUT2D eigenvalue weighted by molar-refractivity contribution is 5.89. The van der Waals surface area contributed by atoms with E-state index in [0.717, 1.165) is 0 Å². The molecule has 0 aliphatic heterocycles. The van der Waals surface area contributed by atoms with Crippen LogP contribution in [-0.4, -0.2) is 41.3 Å². The van der Waals surface area contributed by atoms with Crippen LogP contribution in [0.1, 0.15) is 36.7 Å². The summed E-state index contributed by atoms with van der Waals surface area (Å²) in [7, 11) is 0. The van der Waals surface area contributed by atoms with Gasteiger partial charge in [-0.25, -0.2) is 9.18 Å². The molecule has 1 rings (SSSR count). The fraction of sp³-hybridized carbons (Fsp3) is 0.500. The fourth-order valence-corrected chi connectivity index (χ4v) is 2.04. The maximum absolute atomic E-state index is 14.3. The van der Waals surface area contributed by atoms with E-state index in [1.54, 1.807) is 20.8 Å². The second kappa shape index (κ2) is 8.47. The van der Waals surface area contributed by atoms with Crippen LogP contribution in [0.5, 0.6) is 0 Å². The predicted molar refractivity (Wildman–Crippen MR) is 85.1 cm³/mol. The lowest BCUT2D eigenvalue weighted by Crippen LogP contribution is -2.32. The summed E-state index contributed by atoms with van der Waals surface area (Å²) < 4.78 is 14.3. The van der Waals surface area contributed by atoms with Gasteiger partial charge in [-0.1, -0.05) is 19.9 Å². The van der Waals surface area contributed by atoms with Gasteiger partial charge in [0.05, 0.1) is 17.4 Å². The Kier molecular flexibility index (Phi) is 6.96. The quantitative estimate of drug-likeness (QED) is 0.544. The van der Waals surface area contributed by atoms with Crippen molar-refractivity contribution >= 4 is 17.6 Å². The molecule has 0 aliphatic rings. The van der Waals surface area contributed by atoms with Crippen LogP contribution < -0.4 is 10.6 Å². The Morgan fingerprint density at radius 2 is 1.87 bits per heavy atom. The minimum Gasteiger partial charge on any atom is -0.478 e. The van der Waals surface area contributed by atoms with E-state index in [4.69, 9.17) is 5.11 Å². The molecule has 1 amide bonds. The molecule has 0 bridgehead atoms. The standard InChI is InChI=1S/C16H23FN2O4/c1-9(2)15(21)19-7-6-18-14-11(8-10(3)20)4-5-12(13(14)17)16(22)23/h4-5,9-10,18,20H,6-8H2,1-3H3,(H,19,21)(H,22,23). The molecular weight excluding hydrogens is 303 g/mol. The SMILES string of the molecule is CC(O)Cc1ccc(C(=O)O)c(F)c1NCCNC(=O)C(C)C. The summed E-state index contributed by atoms with van der Waals surface area (Å²) in [5, 5.41) is 24.0. The van der Waals surface area contributed by atoms with Gasteiger partial charge in [-0.05, 0) is 18.6 Å². The Morgan fingerprint density at radius 3 is 2.39 bits per heavy atom. The van der Waals surface area contributed by atoms with Gasteiger partial charge in [0.25, 0.3) is 0 Å². The smallest absolute Gasteiger partial charge is 0.338 e. The van der Waals surface area contributed by atoms with Crippen molar-refractivity contribution in [3.8, 4) is 0 Å². The summed E-state index contributed by atoms with van der Waals surface area (Å²) in [5.74, 6) is -2.49. The molecule has 0 fully saturated rings. The van der Waals surface area contributed by atoms with Crippen LogP contribution >= 0.6 is 0 Å². The zero-order valence-corrected chi connectivity index (χ0v) is 13.5. The number of aromatic carboxylic acids is 1. The molecule has 128 valence electrons. The summed E-state index contributed by atoms with van der Waals surface area (Å²) in [6, 6.07) is 2.66. The molecule has 0 spiro atoms. The number of carbonyl (C=O) groups excluding carboxylic acids is 1. The molecule has 0 aliphatic carbocycles. The number of aliphatic hydroxyl groups is 1. The number of aliphatic hydroxyl groups excluding tert-OH is 1. The van der Waals surface area contributed by atoms with Crippen molar-refractivity contribution in [1.82, 2.24) is 5.32 Å². The van der Waals surface area contributed by atoms with Crippen molar-refractivity contribution < 1.29 is 24.2 Å². The number of hydrogen-bond acceptors (Lipinski definition) is 4. The van der Waals surface area contributed by atoms with Crippen molar-refractivity contribution in [3.05, 3.63) is 29.1 Å². The molecule has 1 aromatic rings. The van der Waals surface area contributed by atoms with Crippen LogP contribution in [0.2, 0.25) is 0 Å². The Morgan fingerprint density at radius 1 is 1.22 bits per heavy atom. The van der Waals surface area contributed by atoms with E-state index in [-0.39, 0.29) is 37.0 Å². The third-order valence-corrected chi connectivity index (χ3v) is 3.22. The van der Waals surface area contributed by atoms with Crippen molar-refractivity contribution in [1.29, 1.82) is 0 Å². The molecule has 1 aromatic carbocycles. The lowest BCUT2D eigenvalue weighted by atomic mass is 10.0. The molecule has 0 saturated heterocycles. The molecule has 0 saturated carbocycles. The summed E-state index contributed by atoms with van der Waals surface area (Å²) in [4.78, 5) is 22.5. The lowest BCUT2D eigenvalue weighted by molar-refractivity contribution is -0.123. The molecule has 23 heavy (non-hydrogen) atoms. The number of anilines is 1. The highest BCUT2D eigenvalue weighted by Crippen LogP contribution is 2.24. The maximum atomic E-state index is 14.3. The summed E-state index contributed by atoms with van der Waals surface area (Å²) in [6.07, 6.45) is -0.497. The number of carboxylic acid groups (broad SMARTS) is 1. The zero-order chi connectivity index (χ0) is 17.6. The average molecular weight is 326 g/mol. The minimum atomic E-state index is -1.36. The van der Waals surface area contributed by atoms with Crippen molar-refractivity contribution in [2.45, 2.75) is 33.3 Å². The molecule has 1 atom stereocenters. The molecule has 7 heteroatoms. The molecular formula is C16H23FN2O4. The van der Waals surface area contributed by atoms with Crippen LogP contribution in [0.3, 0.4) is 0 Å². The molecule has 0 radical (unpaired) electrons. The third-order valence-electron chi connectivity index (χ3n) is 3.22. The highest BCUT2D eigenvalue weighted by Gasteiger charge is 2.18. The van der Waals surface area contributed by atoms with Gasteiger partial charge >= 0.3 is 5.97 Å². The monoisotopic (exact) mass is 326 g/mol. The van der Waals surface area contributed by atoms with Gasteiger partial charge in [0.2, 0.25) is 5.91 Å². The Labute approximate surface area is 134 Å². The van der Waals surface area contributed by atoms with Gasteiger partial charge in [-0.3, -0.25) is 4.79 Å². The van der Waals surface area contributed by atoms with Gasteiger partial charge in [0.1, 0.15) is 0 Å². The number of halogens is 1. The second-order valence-electron chi connectivity index (χ2n) is 5.69. The van der Waals surface area contributed by atoms with Crippen LogP contribution in [-0.2, 0) is 11.2 Å². The van der Waals surface area contributed by atoms with E-state index in [2.05, 4.69) is 10.6 Å². The average Bonchev–Trinajstić information content (AvgIpc) is 2.44. The van der Waals surface area contributed by atoms with Gasteiger partial charge in [0.15, 0.2) is 5.82 Å². The number of rotatable bonds is 8. The number of carbonyl (C=O) groups is 2. The molecule has 6 nitrogen and oxygen atoms in total. The minimum absolute atomic E-state index is 0.0459. The number of nitrogens with one attached hydrogen (secondary N) is 2. The number of benzene rings is 1. The molecule has 1 unspecified atom stereocenters. The number of amides is 1. The first-order chi connectivity index (χ1) is 10.7. The van der Waals surface area contributed by atoms with Gasteiger partial charge in [0, 0.05) is 25.4 Å². The maximum Gasteiger partial charge on any atom is 0.338 e. The fourth-order valence-electron chi connectivity index (χ4n) is 2.04. The van der Waals surface area contributed by atoms with Gasteiger partial charge < -0.3 is 20.8 Å². The molecule has 0 aromatic heterocycles. The van der Waals surface area contributed by atoms with Crippen molar-refractivity contribution in [3.63, 3.8) is 0 Å². The first-order valence-corrected chi connectivity index (χ1v) is 7.48. The summed E-state index contributed by atoms with van der Waals surface area (Å²) in [5.41, 5.74) is 0.0929. The Bertz CT molecular complexity index is 573.